The van der Waals surface area contributed by atoms with Gasteiger partial charge in [0.1, 0.15) is 12.2 Å². The number of carbonyl (C=O) groups excluding carboxylic acids is 2. The van der Waals surface area contributed by atoms with Crippen molar-refractivity contribution in [2.75, 3.05) is 0 Å². The quantitative estimate of drug-likeness (QED) is 0.657. The first-order valence-electron chi connectivity index (χ1n) is 8.62. The van der Waals surface area contributed by atoms with E-state index in [2.05, 4.69) is 0 Å². The van der Waals surface area contributed by atoms with Crippen molar-refractivity contribution in [1.82, 2.24) is 0 Å². The fraction of sp³-hybridized carbons (Fsp3) is 0.333. The van der Waals surface area contributed by atoms with E-state index in [4.69, 9.17) is 9.47 Å². The highest BCUT2D eigenvalue weighted by Crippen LogP contribution is 2.16. The van der Waals surface area contributed by atoms with Crippen molar-refractivity contribution in [1.29, 1.82) is 0 Å². The Balaban J connectivity index is 1.91. The highest BCUT2D eigenvalue weighted by Gasteiger charge is 2.20. The molecule has 132 valence electrons. The minimum absolute atomic E-state index is 0.281. The van der Waals surface area contributed by atoms with Crippen LogP contribution in [0.4, 0.5) is 0 Å². The van der Waals surface area contributed by atoms with Crippen LogP contribution >= 0.6 is 0 Å². The van der Waals surface area contributed by atoms with Crippen LogP contribution in [0.15, 0.2) is 60.7 Å². The van der Waals surface area contributed by atoms with Gasteiger partial charge in [-0.15, -0.1) is 0 Å². The molecule has 0 amide bonds. The predicted octanol–water partition coefficient (Wildman–Crippen LogP) is 4.65. The Bertz CT molecular complexity index is 667. The van der Waals surface area contributed by atoms with Crippen molar-refractivity contribution in [2.45, 2.75) is 45.3 Å². The van der Waals surface area contributed by atoms with Gasteiger partial charge in [0.2, 0.25) is 0 Å². The molecule has 2 unspecified atom stereocenters. The third-order valence-electron chi connectivity index (χ3n) is 3.81. The summed E-state index contributed by atoms with van der Waals surface area (Å²) in [5.41, 5.74) is 1.04. The molecule has 0 fully saturated rings. The Morgan fingerprint density at radius 2 is 1.32 bits per heavy atom. The van der Waals surface area contributed by atoms with Gasteiger partial charge in [0.15, 0.2) is 0 Å². The Hall–Kier alpha value is -2.62. The second kappa shape index (κ2) is 9.62. The SMILES string of the molecule is CCCC(CC(C)OC(=O)c1ccccc1)OC(=O)c1ccccc1. The molecular weight excluding hydrogens is 316 g/mol. The summed E-state index contributed by atoms with van der Waals surface area (Å²) in [7, 11) is 0. The molecule has 0 spiro atoms. The van der Waals surface area contributed by atoms with Crippen LogP contribution in [0.25, 0.3) is 0 Å². The largest absolute Gasteiger partial charge is 0.459 e. The standard InChI is InChI=1S/C21H24O4/c1-3-10-19(25-21(23)18-13-8-5-9-14-18)15-16(2)24-20(22)17-11-6-4-7-12-17/h4-9,11-14,16,19H,3,10,15H2,1-2H3. The zero-order chi connectivity index (χ0) is 18.1. The van der Waals surface area contributed by atoms with E-state index in [1.165, 1.54) is 0 Å². The summed E-state index contributed by atoms with van der Waals surface area (Å²) in [5, 5.41) is 0. The average Bonchev–Trinajstić information content (AvgIpc) is 2.63. The van der Waals surface area contributed by atoms with Crippen molar-refractivity contribution in [3.05, 3.63) is 71.8 Å². The second-order valence-corrected chi connectivity index (χ2v) is 6.00. The molecule has 0 bridgehead atoms. The van der Waals surface area contributed by atoms with Crippen LogP contribution in [0.3, 0.4) is 0 Å². The zero-order valence-corrected chi connectivity index (χ0v) is 14.7. The van der Waals surface area contributed by atoms with E-state index >= 15 is 0 Å². The Labute approximate surface area is 148 Å². The van der Waals surface area contributed by atoms with Gasteiger partial charge in [0.05, 0.1) is 11.1 Å². The average molecular weight is 340 g/mol. The Morgan fingerprint density at radius 1 is 0.840 bits per heavy atom. The maximum absolute atomic E-state index is 12.2. The van der Waals surface area contributed by atoms with Gasteiger partial charge in [0, 0.05) is 6.42 Å². The second-order valence-electron chi connectivity index (χ2n) is 6.00. The van der Waals surface area contributed by atoms with Gasteiger partial charge in [-0.2, -0.15) is 0 Å². The third-order valence-corrected chi connectivity index (χ3v) is 3.81. The minimum Gasteiger partial charge on any atom is -0.459 e. The normalized spacial score (nSPS) is 12.9. The van der Waals surface area contributed by atoms with E-state index < -0.39 is 0 Å². The van der Waals surface area contributed by atoms with Gasteiger partial charge in [-0.1, -0.05) is 49.7 Å². The summed E-state index contributed by atoms with van der Waals surface area (Å²) < 4.78 is 11.1. The summed E-state index contributed by atoms with van der Waals surface area (Å²) >= 11 is 0. The summed E-state index contributed by atoms with van der Waals surface area (Å²) in [6, 6.07) is 17.8. The summed E-state index contributed by atoms with van der Waals surface area (Å²) in [6.07, 6.45) is 1.46. The molecule has 0 N–H and O–H groups in total. The molecule has 4 heteroatoms. The molecule has 2 aromatic rings. The van der Waals surface area contributed by atoms with Crippen LogP contribution in [-0.4, -0.2) is 24.1 Å². The van der Waals surface area contributed by atoms with E-state index in [0.29, 0.717) is 17.5 Å². The van der Waals surface area contributed by atoms with Crippen molar-refractivity contribution in [3.63, 3.8) is 0 Å². The van der Waals surface area contributed by atoms with Crippen LogP contribution in [0, 0.1) is 0 Å². The molecule has 4 nitrogen and oxygen atoms in total. The summed E-state index contributed by atoms with van der Waals surface area (Å²) in [6.45, 7) is 3.85. The number of benzene rings is 2. The number of hydrogen-bond acceptors (Lipinski definition) is 4. The lowest BCUT2D eigenvalue weighted by molar-refractivity contribution is 0.00163. The maximum atomic E-state index is 12.2. The first-order valence-corrected chi connectivity index (χ1v) is 8.62. The Morgan fingerprint density at radius 3 is 1.80 bits per heavy atom. The summed E-state index contributed by atoms with van der Waals surface area (Å²) in [5.74, 6) is -0.710. The van der Waals surface area contributed by atoms with E-state index in [-0.39, 0.29) is 24.1 Å². The van der Waals surface area contributed by atoms with Crippen LogP contribution in [0.2, 0.25) is 0 Å². The fourth-order valence-electron chi connectivity index (χ4n) is 2.58. The molecule has 0 aliphatic carbocycles. The molecule has 0 aromatic heterocycles. The molecule has 2 atom stereocenters. The first-order chi connectivity index (χ1) is 12.1. The smallest absolute Gasteiger partial charge is 0.338 e. The van der Waals surface area contributed by atoms with E-state index in [0.717, 1.165) is 12.8 Å². The molecule has 0 aliphatic rings. The lowest BCUT2D eigenvalue weighted by atomic mass is 10.1. The van der Waals surface area contributed by atoms with Gasteiger partial charge in [-0.05, 0) is 37.6 Å². The Kier molecular flexibility index (Phi) is 7.20. The zero-order valence-electron chi connectivity index (χ0n) is 14.7. The fourth-order valence-corrected chi connectivity index (χ4v) is 2.58. The highest BCUT2D eigenvalue weighted by atomic mass is 16.6. The van der Waals surface area contributed by atoms with Crippen molar-refractivity contribution in [2.24, 2.45) is 0 Å². The highest BCUT2D eigenvalue weighted by molar-refractivity contribution is 5.90. The molecular formula is C21H24O4. The monoisotopic (exact) mass is 340 g/mol. The van der Waals surface area contributed by atoms with E-state index in [1.807, 2.05) is 26.0 Å². The molecule has 2 rings (SSSR count). The van der Waals surface area contributed by atoms with E-state index in [1.54, 1.807) is 48.5 Å². The number of carbonyl (C=O) groups is 2. The lowest BCUT2D eigenvalue weighted by Gasteiger charge is -2.21. The number of hydrogen-bond donors (Lipinski definition) is 0. The van der Waals surface area contributed by atoms with Crippen molar-refractivity contribution in [3.8, 4) is 0 Å². The summed E-state index contributed by atoms with van der Waals surface area (Å²) in [4.78, 5) is 24.3. The lowest BCUT2D eigenvalue weighted by Crippen LogP contribution is -2.25. The topological polar surface area (TPSA) is 52.6 Å². The number of esters is 2. The first kappa shape index (κ1) is 18.7. The molecule has 2 aromatic carbocycles. The number of rotatable bonds is 8. The maximum Gasteiger partial charge on any atom is 0.338 e. The van der Waals surface area contributed by atoms with Gasteiger partial charge >= 0.3 is 11.9 Å². The minimum atomic E-state index is -0.363. The van der Waals surface area contributed by atoms with Crippen molar-refractivity contribution >= 4 is 11.9 Å². The van der Waals surface area contributed by atoms with Crippen LogP contribution in [0.1, 0.15) is 53.8 Å². The van der Waals surface area contributed by atoms with Gasteiger partial charge in [-0.3, -0.25) is 0 Å². The molecule has 25 heavy (non-hydrogen) atoms. The van der Waals surface area contributed by atoms with Gasteiger partial charge < -0.3 is 9.47 Å². The van der Waals surface area contributed by atoms with Crippen molar-refractivity contribution < 1.29 is 19.1 Å². The molecule has 0 saturated carbocycles. The molecule has 0 heterocycles. The molecule has 0 radical (unpaired) electrons. The van der Waals surface area contributed by atoms with E-state index in [9.17, 15) is 9.59 Å². The molecule has 0 saturated heterocycles. The number of ether oxygens (including phenoxy) is 2. The van der Waals surface area contributed by atoms with Crippen LogP contribution in [0.5, 0.6) is 0 Å². The van der Waals surface area contributed by atoms with Gasteiger partial charge in [0.25, 0.3) is 0 Å². The van der Waals surface area contributed by atoms with Crippen LogP contribution < -0.4 is 0 Å². The predicted molar refractivity (Wildman–Crippen MR) is 96.5 cm³/mol. The third kappa shape index (κ3) is 6.07. The molecule has 0 aliphatic heterocycles. The van der Waals surface area contributed by atoms with Crippen LogP contribution in [-0.2, 0) is 9.47 Å². The van der Waals surface area contributed by atoms with Gasteiger partial charge in [-0.25, -0.2) is 9.59 Å².